The fourth-order valence-electron chi connectivity index (χ4n) is 1.41. The number of hydrogen-bond donors (Lipinski definition) is 0. The highest BCUT2D eigenvalue weighted by atomic mass is 32.2. The molecule has 0 unspecified atom stereocenters. The van der Waals surface area contributed by atoms with Gasteiger partial charge in [-0.15, -0.1) is 0 Å². The first kappa shape index (κ1) is 11.0. The smallest absolute Gasteiger partial charge is 0.0232 e. The van der Waals surface area contributed by atoms with Crippen molar-refractivity contribution < 1.29 is 0 Å². The van der Waals surface area contributed by atoms with Gasteiger partial charge in [-0.3, -0.25) is 0 Å². The summed E-state index contributed by atoms with van der Waals surface area (Å²) < 4.78 is 5.70. The van der Waals surface area contributed by atoms with Crippen LogP contribution in [0.3, 0.4) is 0 Å². The largest absolute Gasteiger partial charge is 0.349 e. The molecule has 0 bridgehead atoms. The summed E-state index contributed by atoms with van der Waals surface area (Å²) in [4.78, 5) is 2.69. The Morgan fingerprint density at radius 2 is 2.07 bits per heavy atom. The molecule has 0 radical (unpaired) electrons. The summed E-state index contributed by atoms with van der Waals surface area (Å²) in [5.41, 5.74) is 10.6. The van der Waals surface area contributed by atoms with Gasteiger partial charge >= 0.3 is 0 Å². The summed E-state index contributed by atoms with van der Waals surface area (Å²) in [5, 5.41) is 0. The lowest BCUT2D eigenvalue weighted by atomic mass is 10.4. The van der Waals surface area contributed by atoms with E-state index >= 15 is 0 Å². The summed E-state index contributed by atoms with van der Waals surface area (Å²) in [5.74, 6) is 0.876. The predicted octanol–water partition coefficient (Wildman–Crippen LogP) is 3.45. The standard InChI is InChI=1S/C9H14N4S/c1-8-4-5-9(2)13(8)6-3-7-14-12-11-10/h4-5H,3,6-7H2,1-2H3. The Bertz CT molecular complexity index is 319. The molecule has 0 aliphatic rings. The fourth-order valence-corrected chi connectivity index (χ4v) is 1.80. The van der Waals surface area contributed by atoms with Crippen LogP contribution in [-0.4, -0.2) is 10.3 Å². The maximum atomic E-state index is 8.07. The third-order valence-electron chi connectivity index (χ3n) is 2.13. The van der Waals surface area contributed by atoms with E-state index in [1.54, 1.807) is 0 Å². The van der Waals surface area contributed by atoms with Gasteiger partial charge in [0.15, 0.2) is 0 Å². The van der Waals surface area contributed by atoms with Gasteiger partial charge in [0.25, 0.3) is 0 Å². The molecule has 0 saturated heterocycles. The number of rotatable bonds is 5. The zero-order chi connectivity index (χ0) is 10.4. The molecule has 0 aromatic carbocycles. The van der Waals surface area contributed by atoms with E-state index in [9.17, 15) is 0 Å². The molecule has 0 fully saturated rings. The maximum Gasteiger partial charge on any atom is 0.0232 e. The second-order valence-corrected chi connectivity index (χ2v) is 3.96. The molecule has 1 aromatic rings. The minimum Gasteiger partial charge on any atom is -0.349 e. The highest BCUT2D eigenvalue weighted by Gasteiger charge is 1.99. The highest BCUT2D eigenvalue weighted by Crippen LogP contribution is 2.10. The molecule has 1 rings (SSSR count). The lowest BCUT2D eigenvalue weighted by Crippen LogP contribution is -2.02. The average molecular weight is 210 g/mol. The molecule has 1 aromatic heterocycles. The van der Waals surface area contributed by atoms with E-state index in [4.69, 9.17) is 5.53 Å². The molecule has 0 spiro atoms. The predicted molar refractivity (Wildman–Crippen MR) is 60.1 cm³/mol. The number of nitrogens with zero attached hydrogens (tertiary/aromatic N) is 4. The maximum absolute atomic E-state index is 8.07. The highest BCUT2D eigenvalue weighted by molar-refractivity contribution is 7.97. The Kier molecular flexibility index (Phi) is 4.43. The quantitative estimate of drug-likeness (QED) is 0.241. The van der Waals surface area contributed by atoms with Gasteiger partial charge in [-0.2, -0.15) is 0 Å². The number of aromatic nitrogens is 1. The summed E-state index contributed by atoms with van der Waals surface area (Å²) in [6, 6.07) is 4.24. The van der Waals surface area contributed by atoms with Gasteiger partial charge in [0.2, 0.25) is 0 Å². The second-order valence-electron chi connectivity index (χ2n) is 3.13. The van der Waals surface area contributed by atoms with E-state index in [1.165, 1.54) is 23.3 Å². The Balaban J connectivity index is 2.34. The van der Waals surface area contributed by atoms with Gasteiger partial charge in [0.05, 0.1) is 0 Å². The van der Waals surface area contributed by atoms with Crippen molar-refractivity contribution in [2.75, 3.05) is 5.75 Å². The first-order chi connectivity index (χ1) is 6.75. The molecule has 1 heterocycles. The van der Waals surface area contributed by atoms with Gasteiger partial charge in [0, 0.05) is 28.6 Å². The molecule has 14 heavy (non-hydrogen) atoms. The Labute approximate surface area is 88.1 Å². The third kappa shape index (κ3) is 3.01. The van der Waals surface area contributed by atoms with Crippen LogP contribution >= 0.6 is 11.9 Å². The van der Waals surface area contributed by atoms with Crippen LogP contribution in [0.25, 0.3) is 10.4 Å². The van der Waals surface area contributed by atoms with E-state index in [-0.39, 0.29) is 0 Å². The molecule has 0 saturated carbocycles. The van der Waals surface area contributed by atoms with Crippen LogP contribution in [0.4, 0.5) is 0 Å². The summed E-state index contributed by atoms with van der Waals surface area (Å²) >= 11 is 1.28. The molecular weight excluding hydrogens is 196 g/mol. The lowest BCUT2D eigenvalue weighted by molar-refractivity contribution is 0.653. The van der Waals surface area contributed by atoms with Crippen molar-refractivity contribution in [3.8, 4) is 0 Å². The number of azide groups is 1. The lowest BCUT2D eigenvalue weighted by Gasteiger charge is -2.07. The van der Waals surface area contributed by atoms with Crippen LogP contribution in [0.5, 0.6) is 0 Å². The van der Waals surface area contributed by atoms with Gasteiger partial charge in [-0.1, -0.05) is 11.9 Å². The van der Waals surface area contributed by atoms with E-state index in [0.717, 1.165) is 18.7 Å². The van der Waals surface area contributed by atoms with E-state index in [1.807, 2.05) is 0 Å². The average Bonchev–Trinajstić information content (AvgIpc) is 2.48. The van der Waals surface area contributed by atoms with Gasteiger partial charge in [-0.25, -0.2) is 0 Å². The van der Waals surface area contributed by atoms with Gasteiger partial charge in [0.1, 0.15) is 0 Å². The van der Waals surface area contributed by atoms with Crippen molar-refractivity contribution in [1.29, 1.82) is 0 Å². The third-order valence-corrected chi connectivity index (χ3v) is 2.79. The fraction of sp³-hybridized carbons (Fsp3) is 0.556. The topological polar surface area (TPSA) is 53.7 Å². The van der Waals surface area contributed by atoms with Crippen LogP contribution in [0.15, 0.2) is 16.7 Å². The zero-order valence-electron chi connectivity index (χ0n) is 8.47. The molecule has 0 aliphatic carbocycles. The normalized spacial score (nSPS) is 9.86. The molecule has 0 amide bonds. The molecule has 76 valence electrons. The van der Waals surface area contributed by atoms with Crippen molar-refractivity contribution in [2.45, 2.75) is 26.8 Å². The Morgan fingerprint density at radius 1 is 1.43 bits per heavy atom. The monoisotopic (exact) mass is 210 g/mol. The molecule has 0 aliphatic heterocycles. The van der Waals surface area contributed by atoms with E-state index in [0.29, 0.717) is 0 Å². The van der Waals surface area contributed by atoms with Crippen LogP contribution in [-0.2, 0) is 6.54 Å². The summed E-state index contributed by atoms with van der Waals surface area (Å²) in [7, 11) is 0. The van der Waals surface area contributed by atoms with Crippen LogP contribution in [0.2, 0.25) is 0 Å². The van der Waals surface area contributed by atoms with Crippen LogP contribution < -0.4 is 0 Å². The molecular formula is C9H14N4S. The minimum atomic E-state index is 0.876. The van der Waals surface area contributed by atoms with Crippen molar-refractivity contribution >= 4 is 11.9 Å². The number of aryl methyl sites for hydroxylation is 2. The second kappa shape index (κ2) is 5.62. The van der Waals surface area contributed by atoms with Crippen molar-refractivity contribution in [3.05, 3.63) is 34.0 Å². The van der Waals surface area contributed by atoms with Crippen molar-refractivity contribution in [2.24, 2.45) is 4.52 Å². The minimum absolute atomic E-state index is 0.876. The molecule has 4 nitrogen and oxygen atoms in total. The van der Waals surface area contributed by atoms with E-state index in [2.05, 4.69) is 40.0 Å². The van der Waals surface area contributed by atoms with Crippen LogP contribution in [0, 0.1) is 13.8 Å². The van der Waals surface area contributed by atoms with Crippen molar-refractivity contribution in [1.82, 2.24) is 4.57 Å². The first-order valence-corrected chi connectivity index (χ1v) is 5.49. The molecule has 0 N–H and O–H groups in total. The van der Waals surface area contributed by atoms with Crippen LogP contribution in [0.1, 0.15) is 17.8 Å². The first-order valence-electron chi connectivity index (χ1n) is 4.55. The Morgan fingerprint density at radius 3 is 2.64 bits per heavy atom. The van der Waals surface area contributed by atoms with Gasteiger partial charge < -0.3 is 4.57 Å². The van der Waals surface area contributed by atoms with Crippen molar-refractivity contribution in [3.63, 3.8) is 0 Å². The molecule has 5 heteroatoms. The Hall–Kier alpha value is -1.06. The number of hydrogen-bond acceptors (Lipinski definition) is 2. The summed E-state index contributed by atoms with van der Waals surface area (Å²) in [6.07, 6.45) is 1.03. The van der Waals surface area contributed by atoms with E-state index < -0.39 is 0 Å². The summed E-state index contributed by atoms with van der Waals surface area (Å²) in [6.45, 7) is 5.21. The SMILES string of the molecule is Cc1ccc(C)n1CCCSN=[N+]=[N-]. The zero-order valence-corrected chi connectivity index (χ0v) is 9.29. The van der Waals surface area contributed by atoms with Gasteiger partial charge in [-0.05, 0) is 42.5 Å². The molecule has 0 atom stereocenters.